The molecule has 0 N–H and O–H groups in total. The van der Waals surface area contributed by atoms with Gasteiger partial charge in [0.2, 0.25) is 0 Å². The maximum Gasteiger partial charge on any atom is 0.305 e. The summed E-state index contributed by atoms with van der Waals surface area (Å²) in [5, 5.41) is 0. The number of ether oxygens (including phenoxy) is 2. The molecule has 0 heterocycles. The lowest BCUT2D eigenvalue weighted by Gasteiger charge is -2.06. The Morgan fingerprint density at radius 2 is 1.21 bits per heavy atom. The molecule has 0 unspecified atom stereocenters. The van der Waals surface area contributed by atoms with Gasteiger partial charge in [-0.1, -0.05) is 57.6 Å². The van der Waals surface area contributed by atoms with E-state index in [2.05, 4.69) is 19.1 Å². The predicted molar refractivity (Wildman–Crippen MR) is 117 cm³/mol. The van der Waals surface area contributed by atoms with Crippen molar-refractivity contribution in [2.75, 3.05) is 19.1 Å². The Morgan fingerprint density at radius 3 is 1.82 bits per heavy atom. The van der Waals surface area contributed by atoms with Crippen LogP contribution in [-0.4, -0.2) is 31.0 Å². The van der Waals surface area contributed by atoms with Crippen molar-refractivity contribution in [2.24, 2.45) is 0 Å². The quantitative estimate of drug-likeness (QED) is 0.0953. The number of alkyl halides is 1. The van der Waals surface area contributed by atoms with Crippen LogP contribution in [0, 0.1) is 0 Å². The molecule has 5 heteroatoms. The van der Waals surface area contributed by atoms with Crippen LogP contribution in [0.4, 0.5) is 0 Å². The van der Waals surface area contributed by atoms with Gasteiger partial charge < -0.3 is 9.47 Å². The molecule has 0 spiro atoms. The molecule has 0 aromatic heterocycles. The first kappa shape index (κ1) is 27.0. The van der Waals surface area contributed by atoms with E-state index >= 15 is 0 Å². The van der Waals surface area contributed by atoms with Crippen molar-refractivity contribution in [2.45, 2.75) is 103 Å². The van der Waals surface area contributed by atoms with Crippen molar-refractivity contribution in [1.82, 2.24) is 0 Å². The van der Waals surface area contributed by atoms with Gasteiger partial charge in [0.15, 0.2) is 0 Å². The highest BCUT2D eigenvalue weighted by molar-refractivity contribution is 6.17. The molecule has 0 aliphatic heterocycles. The fourth-order valence-corrected chi connectivity index (χ4v) is 2.94. The van der Waals surface area contributed by atoms with Gasteiger partial charge in [-0.2, -0.15) is 0 Å². The predicted octanol–water partition coefficient (Wildman–Crippen LogP) is 6.74. The minimum Gasteiger partial charge on any atom is -0.466 e. The monoisotopic (exact) mass is 416 g/mol. The van der Waals surface area contributed by atoms with Crippen LogP contribution in [0.1, 0.15) is 103 Å². The number of allylic oxidation sites excluding steroid dienone is 2. The van der Waals surface area contributed by atoms with Gasteiger partial charge in [0.25, 0.3) is 0 Å². The van der Waals surface area contributed by atoms with Crippen LogP contribution in [0.25, 0.3) is 0 Å². The fourth-order valence-electron chi connectivity index (χ4n) is 2.75. The summed E-state index contributed by atoms with van der Waals surface area (Å²) in [5.74, 6) is 0.293. The summed E-state index contributed by atoms with van der Waals surface area (Å²) >= 11 is 5.63. The van der Waals surface area contributed by atoms with Gasteiger partial charge >= 0.3 is 11.9 Å². The van der Waals surface area contributed by atoms with Gasteiger partial charge in [-0.3, -0.25) is 9.59 Å². The summed E-state index contributed by atoms with van der Waals surface area (Å²) in [6.07, 6.45) is 18.7. The van der Waals surface area contributed by atoms with Crippen LogP contribution in [0.3, 0.4) is 0 Å². The average Bonchev–Trinajstić information content (AvgIpc) is 2.68. The van der Waals surface area contributed by atoms with E-state index in [1.807, 2.05) is 0 Å². The Morgan fingerprint density at radius 1 is 0.679 bits per heavy atom. The Labute approximate surface area is 177 Å². The van der Waals surface area contributed by atoms with Crippen molar-refractivity contribution in [1.29, 1.82) is 0 Å². The number of rotatable bonds is 20. The number of hydrogen-bond acceptors (Lipinski definition) is 4. The smallest absolute Gasteiger partial charge is 0.305 e. The van der Waals surface area contributed by atoms with E-state index in [9.17, 15) is 9.59 Å². The maximum atomic E-state index is 11.6. The highest BCUT2D eigenvalue weighted by Gasteiger charge is 2.07. The molecule has 0 aliphatic rings. The van der Waals surface area contributed by atoms with Gasteiger partial charge in [0.1, 0.15) is 0 Å². The second-order valence-electron chi connectivity index (χ2n) is 7.21. The third-order valence-corrected chi connectivity index (χ3v) is 4.74. The number of esters is 2. The minimum absolute atomic E-state index is 0.219. The number of halogens is 1. The molecule has 0 aliphatic carbocycles. The molecule has 0 radical (unpaired) electrons. The molecule has 0 fully saturated rings. The third kappa shape index (κ3) is 21.3. The van der Waals surface area contributed by atoms with Gasteiger partial charge in [0.05, 0.1) is 13.2 Å². The third-order valence-electron chi connectivity index (χ3n) is 4.47. The minimum atomic E-state index is -0.225. The zero-order valence-corrected chi connectivity index (χ0v) is 18.6. The molecule has 0 aromatic rings. The molecule has 4 nitrogen and oxygen atoms in total. The molecule has 0 atom stereocenters. The van der Waals surface area contributed by atoms with Crippen LogP contribution in [0.5, 0.6) is 0 Å². The standard InChI is InChI=1S/C23H41ClO4/c1-2-3-4-5-6-8-11-14-20-27-22(25)17-16-18-23(26)28-21-15-12-9-7-10-13-19-24/h6,8H,2-5,7,9-21H2,1H3/b8-6+. The summed E-state index contributed by atoms with van der Waals surface area (Å²) in [6.45, 7) is 3.13. The molecule has 0 saturated heterocycles. The first-order valence-electron chi connectivity index (χ1n) is 11.2. The molecule has 0 bridgehead atoms. The van der Waals surface area contributed by atoms with Crippen LogP contribution >= 0.6 is 11.6 Å². The molecule has 0 rings (SSSR count). The summed E-state index contributed by atoms with van der Waals surface area (Å²) in [5.41, 5.74) is 0. The average molecular weight is 417 g/mol. The lowest BCUT2D eigenvalue weighted by molar-refractivity contribution is -0.145. The van der Waals surface area contributed by atoms with Crippen LogP contribution in [-0.2, 0) is 19.1 Å². The first-order chi connectivity index (χ1) is 13.7. The lowest BCUT2D eigenvalue weighted by Crippen LogP contribution is -2.09. The second kappa shape index (κ2) is 22.3. The molecule has 164 valence electrons. The molecular weight excluding hydrogens is 376 g/mol. The number of carbonyl (C=O) groups is 2. The summed E-state index contributed by atoms with van der Waals surface area (Å²) in [4.78, 5) is 23.3. The maximum absolute atomic E-state index is 11.6. The van der Waals surface area contributed by atoms with E-state index in [1.54, 1.807) is 0 Å². The van der Waals surface area contributed by atoms with Crippen molar-refractivity contribution in [3.63, 3.8) is 0 Å². The SMILES string of the molecule is CCCCC/C=C/CCCOC(=O)CCCC(=O)OCCCCCCCCCl. The van der Waals surface area contributed by atoms with Gasteiger partial charge in [-0.05, 0) is 44.9 Å². The van der Waals surface area contributed by atoms with E-state index < -0.39 is 0 Å². The largest absolute Gasteiger partial charge is 0.466 e. The van der Waals surface area contributed by atoms with E-state index in [0.717, 1.165) is 50.8 Å². The van der Waals surface area contributed by atoms with Gasteiger partial charge in [0, 0.05) is 18.7 Å². The fraction of sp³-hybridized carbons (Fsp3) is 0.826. The van der Waals surface area contributed by atoms with E-state index in [-0.39, 0.29) is 24.8 Å². The van der Waals surface area contributed by atoms with E-state index in [1.165, 1.54) is 32.1 Å². The zero-order valence-electron chi connectivity index (χ0n) is 17.9. The van der Waals surface area contributed by atoms with Gasteiger partial charge in [-0.15, -0.1) is 11.6 Å². The molecule has 0 amide bonds. The van der Waals surface area contributed by atoms with Crippen LogP contribution in [0.2, 0.25) is 0 Å². The molecule has 0 aromatic carbocycles. The van der Waals surface area contributed by atoms with Crippen molar-refractivity contribution >= 4 is 23.5 Å². The summed E-state index contributed by atoms with van der Waals surface area (Å²) < 4.78 is 10.4. The highest BCUT2D eigenvalue weighted by atomic mass is 35.5. The molecule has 28 heavy (non-hydrogen) atoms. The molecule has 0 saturated carbocycles. The van der Waals surface area contributed by atoms with Crippen LogP contribution < -0.4 is 0 Å². The first-order valence-corrected chi connectivity index (χ1v) is 11.8. The Kier molecular flexibility index (Phi) is 21.4. The van der Waals surface area contributed by atoms with Gasteiger partial charge in [-0.25, -0.2) is 0 Å². The highest BCUT2D eigenvalue weighted by Crippen LogP contribution is 2.07. The van der Waals surface area contributed by atoms with E-state index in [4.69, 9.17) is 21.1 Å². The Hall–Kier alpha value is -1.03. The van der Waals surface area contributed by atoms with Crippen molar-refractivity contribution in [3.8, 4) is 0 Å². The zero-order chi connectivity index (χ0) is 20.7. The number of hydrogen-bond donors (Lipinski definition) is 0. The van der Waals surface area contributed by atoms with Crippen molar-refractivity contribution in [3.05, 3.63) is 12.2 Å². The Bertz CT molecular complexity index is 396. The summed E-state index contributed by atoms with van der Waals surface area (Å²) in [6, 6.07) is 0. The topological polar surface area (TPSA) is 52.6 Å². The normalized spacial score (nSPS) is 11.1. The van der Waals surface area contributed by atoms with Crippen LogP contribution in [0.15, 0.2) is 12.2 Å². The second-order valence-corrected chi connectivity index (χ2v) is 7.59. The van der Waals surface area contributed by atoms with E-state index in [0.29, 0.717) is 19.6 Å². The molecular formula is C23H41ClO4. The summed E-state index contributed by atoms with van der Waals surface area (Å²) in [7, 11) is 0. The number of unbranched alkanes of at least 4 members (excludes halogenated alkanes) is 9. The Balaban J connectivity index is 3.37. The number of carbonyl (C=O) groups excluding carboxylic acids is 2. The van der Waals surface area contributed by atoms with Crippen molar-refractivity contribution < 1.29 is 19.1 Å². The lowest BCUT2D eigenvalue weighted by atomic mass is 10.1.